The molecule has 2 aromatic heterocycles. The van der Waals surface area contributed by atoms with Gasteiger partial charge in [0.25, 0.3) is 5.91 Å². The molecule has 0 saturated heterocycles. The Bertz CT molecular complexity index is 822. The number of anilines is 1. The lowest BCUT2D eigenvalue weighted by Crippen LogP contribution is -2.21. The molecule has 2 N–H and O–H groups in total. The van der Waals surface area contributed by atoms with E-state index in [9.17, 15) is 9.59 Å². The van der Waals surface area contributed by atoms with Crippen molar-refractivity contribution in [2.45, 2.75) is 0 Å². The van der Waals surface area contributed by atoms with Gasteiger partial charge in [-0.15, -0.1) is 11.3 Å². The van der Waals surface area contributed by atoms with E-state index >= 15 is 0 Å². The molecule has 0 bridgehead atoms. The number of rotatable bonds is 3. The second-order valence-electron chi connectivity index (χ2n) is 4.40. The maximum absolute atomic E-state index is 12.2. The summed E-state index contributed by atoms with van der Waals surface area (Å²) in [7, 11) is 0. The average molecular weight is 296 g/mol. The van der Waals surface area contributed by atoms with Crippen LogP contribution >= 0.6 is 11.3 Å². The predicted molar refractivity (Wildman–Crippen MR) is 84.8 cm³/mol. The molecule has 104 valence electrons. The number of H-pyrrole nitrogens is 1. The highest BCUT2D eigenvalue weighted by Crippen LogP contribution is 2.31. The fourth-order valence-corrected chi connectivity index (χ4v) is 2.79. The summed E-state index contributed by atoms with van der Waals surface area (Å²) in [6.45, 7) is 0. The van der Waals surface area contributed by atoms with Crippen molar-refractivity contribution in [2.75, 3.05) is 5.32 Å². The maximum atomic E-state index is 12.2. The van der Waals surface area contributed by atoms with Crippen LogP contribution in [0.25, 0.3) is 10.4 Å². The fourth-order valence-electron chi connectivity index (χ4n) is 2.02. The normalized spacial score (nSPS) is 10.3. The first-order valence-corrected chi connectivity index (χ1v) is 7.25. The molecule has 0 aliphatic heterocycles. The highest BCUT2D eigenvalue weighted by molar-refractivity contribution is 7.13. The molecule has 0 aliphatic rings. The zero-order valence-electron chi connectivity index (χ0n) is 11.0. The summed E-state index contributed by atoms with van der Waals surface area (Å²) in [5.41, 5.74) is 1.42. The topological polar surface area (TPSA) is 62.0 Å². The van der Waals surface area contributed by atoms with Gasteiger partial charge in [-0.1, -0.05) is 24.3 Å². The van der Waals surface area contributed by atoms with Crippen LogP contribution in [0, 0.1) is 0 Å². The van der Waals surface area contributed by atoms with Crippen LogP contribution in [0.4, 0.5) is 5.69 Å². The molecule has 0 unspecified atom stereocenters. The largest absolute Gasteiger partial charge is 0.367 e. The molecule has 5 heteroatoms. The van der Waals surface area contributed by atoms with Gasteiger partial charge in [0.2, 0.25) is 0 Å². The predicted octanol–water partition coefficient (Wildman–Crippen LogP) is 3.36. The number of para-hydroxylation sites is 1. The van der Waals surface area contributed by atoms with E-state index in [0.717, 1.165) is 10.4 Å². The number of amides is 1. The van der Waals surface area contributed by atoms with Gasteiger partial charge in [0.15, 0.2) is 5.43 Å². The standard InChI is InChI=1S/C16H12N2O2S/c19-14-7-8-17-10-12(14)16(20)18-13-5-2-1-4-11(13)15-6-3-9-21-15/h1-10H,(H,17,19)(H,18,20). The number of pyridine rings is 1. The van der Waals surface area contributed by atoms with Crippen molar-refractivity contribution in [2.24, 2.45) is 0 Å². The van der Waals surface area contributed by atoms with E-state index in [0.29, 0.717) is 5.69 Å². The van der Waals surface area contributed by atoms with Gasteiger partial charge in [0.05, 0.1) is 0 Å². The molecule has 0 aliphatic carbocycles. The zero-order chi connectivity index (χ0) is 14.7. The number of carbonyl (C=O) groups is 1. The van der Waals surface area contributed by atoms with Crippen LogP contribution in [-0.2, 0) is 0 Å². The summed E-state index contributed by atoms with van der Waals surface area (Å²) >= 11 is 1.60. The molecular formula is C16H12N2O2S. The van der Waals surface area contributed by atoms with Crippen LogP contribution < -0.4 is 10.7 Å². The monoisotopic (exact) mass is 296 g/mol. The molecular weight excluding hydrogens is 284 g/mol. The first kappa shape index (κ1) is 13.3. The lowest BCUT2D eigenvalue weighted by Gasteiger charge is -2.09. The second kappa shape index (κ2) is 5.76. The van der Waals surface area contributed by atoms with E-state index in [2.05, 4.69) is 10.3 Å². The lowest BCUT2D eigenvalue weighted by molar-refractivity contribution is 0.102. The molecule has 4 nitrogen and oxygen atoms in total. The summed E-state index contributed by atoms with van der Waals surface area (Å²) in [6, 6.07) is 12.8. The van der Waals surface area contributed by atoms with Gasteiger partial charge in [-0.25, -0.2) is 0 Å². The van der Waals surface area contributed by atoms with Crippen LogP contribution in [0.5, 0.6) is 0 Å². The first-order valence-electron chi connectivity index (χ1n) is 6.37. The van der Waals surface area contributed by atoms with Crippen molar-refractivity contribution in [1.29, 1.82) is 0 Å². The van der Waals surface area contributed by atoms with Crippen molar-refractivity contribution in [1.82, 2.24) is 4.98 Å². The van der Waals surface area contributed by atoms with Crippen molar-refractivity contribution in [3.63, 3.8) is 0 Å². The Morgan fingerprint density at radius 3 is 2.71 bits per heavy atom. The Morgan fingerprint density at radius 2 is 1.95 bits per heavy atom. The Hall–Kier alpha value is -2.66. The van der Waals surface area contributed by atoms with Crippen LogP contribution in [0.3, 0.4) is 0 Å². The van der Waals surface area contributed by atoms with Gasteiger partial charge < -0.3 is 10.3 Å². The minimum absolute atomic E-state index is 0.0958. The summed E-state index contributed by atoms with van der Waals surface area (Å²) in [5, 5.41) is 4.79. The zero-order valence-corrected chi connectivity index (χ0v) is 11.8. The third-order valence-corrected chi connectivity index (χ3v) is 3.93. The van der Waals surface area contributed by atoms with Gasteiger partial charge in [-0.3, -0.25) is 9.59 Å². The molecule has 3 aromatic rings. The number of hydrogen-bond acceptors (Lipinski definition) is 3. The van der Waals surface area contributed by atoms with Crippen LogP contribution in [0.1, 0.15) is 10.4 Å². The number of carbonyl (C=O) groups excluding carboxylic acids is 1. The number of aromatic amines is 1. The number of benzene rings is 1. The third-order valence-electron chi connectivity index (χ3n) is 3.03. The summed E-state index contributed by atoms with van der Waals surface area (Å²) < 4.78 is 0. The van der Waals surface area contributed by atoms with E-state index < -0.39 is 5.91 Å². The van der Waals surface area contributed by atoms with E-state index in [1.165, 1.54) is 18.5 Å². The van der Waals surface area contributed by atoms with E-state index in [1.54, 1.807) is 11.3 Å². The second-order valence-corrected chi connectivity index (χ2v) is 5.35. The minimum Gasteiger partial charge on any atom is -0.367 e. The molecule has 3 rings (SSSR count). The fraction of sp³-hybridized carbons (Fsp3) is 0. The number of aromatic nitrogens is 1. The molecule has 0 spiro atoms. The van der Waals surface area contributed by atoms with Gasteiger partial charge in [0, 0.05) is 34.6 Å². The summed E-state index contributed by atoms with van der Waals surface area (Å²) in [6.07, 6.45) is 2.91. The molecule has 0 atom stereocenters. The van der Waals surface area contributed by atoms with Gasteiger partial charge in [-0.05, 0) is 17.5 Å². The highest BCUT2D eigenvalue weighted by atomic mass is 32.1. The van der Waals surface area contributed by atoms with E-state index in [-0.39, 0.29) is 11.0 Å². The molecule has 1 amide bonds. The maximum Gasteiger partial charge on any atom is 0.261 e. The molecule has 21 heavy (non-hydrogen) atoms. The van der Waals surface area contributed by atoms with Crippen molar-refractivity contribution < 1.29 is 4.79 Å². The van der Waals surface area contributed by atoms with Crippen molar-refractivity contribution in [3.8, 4) is 10.4 Å². The van der Waals surface area contributed by atoms with Crippen molar-refractivity contribution >= 4 is 22.9 Å². The smallest absolute Gasteiger partial charge is 0.261 e. The SMILES string of the molecule is O=C(Nc1ccccc1-c1cccs1)c1c[nH]ccc1=O. The average Bonchev–Trinajstić information content (AvgIpc) is 3.02. The van der Waals surface area contributed by atoms with Gasteiger partial charge in [-0.2, -0.15) is 0 Å². The summed E-state index contributed by atoms with van der Waals surface area (Å²) in [5.74, 6) is -0.416. The Balaban J connectivity index is 1.95. The molecule has 0 saturated carbocycles. The Kier molecular flexibility index (Phi) is 3.66. The van der Waals surface area contributed by atoms with Crippen molar-refractivity contribution in [3.05, 3.63) is 76.0 Å². The summed E-state index contributed by atoms with van der Waals surface area (Å²) in [4.78, 5) is 27.7. The molecule has 0 fully saturated rings. The number of nitrogens with one attached hydrogen (secondary N) is 2. The Morgan fingerprint density at radius 1 is 1.10 bits per heavy atom. The van der Waals surface area contributed by atoms with E-state index in [4.69, 9.17) is 0 Å². The van der Waals surface area contributed by atoms with Crippen LogP contribution in [0.15, 0.2) is 65.0 Å². The molecule has 0 radical (unpaired) electrons. The highest BCUT2D eigenvalue weighted by Gasteiger charge is 2.12. The minimum atomic E-state index is -0.416. The van der Waals surface area contributed by atoms with Crippen LogP contribution in [-0.4, -0.2) is 10.9 Å². The number of hydrogen-bond donors (Lipinski definition) is 2. The van der Waals surface area contributed by atoms with E-state index in [1.807, 2.05) is 41.8 Å². The van der Waals surface area contributed by atoms with Crippen LogP contribution in [0.2, 0.25) is 0 Å². The van der Waals surface area contributed by atoms with Gasteiger partial charge >= 0.3 is 0 Å². The quantitative estimate of drug-likeness (QED) is 0.778. The van der Waals surface area contributed by atoms with Gasteiger partial charge in [0.1, 0.15) is 5.56 Å². The third kappa shape index (κ3) is 2.78. The Labute approximate surface area is 125 Å². The number of thiophene rings is 1. The lowest BCUT2D eigenvalue weighted by atomic mass is 10.1. The molecule has 2 heterocycles. The first-order chi connectivity index (χ1) is 10.3. The molecule has 1 aromatic carbocycles.